The van der Waals surface area contributed by atoms with Gasteiger partial charge >= 0.3 is 11.9 Å². The number of benzene rings is 1. The summed E-state index contributed by atoms with van der Waals surface area (Å²) in [6.45, 7) is 1.90. The predicted octanol–water partition coefficient (Wildman–Crippen LogP) is 3.17. The lowest BCUT2D eigenvalue weighted by Gasteiger charge is -2.07. The zero-order valence-corrected chi connectivity index (χ0v) is 13.6. The van der Waals surface area contributed by atoms with Gasteiger partial charge in [0.1, 0.15) is 10.6 Å². The summed E-state index contributed by atoms with van der Waals surface area (Å²) in [6, 6.07) is 9.24. The molecule has 0 saturated carbocycles. The van der Waals surface area contributed by atoms with Gasteiger partial charge in [0.05, 0.1) is 6.61 Å². The van der Waals surface area contributed by atoms with Crippen molar-refractivity contribution in [2.75, 3.05) is 11.9 Å². The molecule has 1 heterocycles. The first-order valence-electron chi connectivity index (χ1n) is 7.09. The van der Waals surface area contributed by atoms with E-state index in [0.29, 0.717) is 10.6 Å². The molecule has 124 valence electrons. The zero-order chi connectivity index (χ0) is 17.5. The van der Waals surface area contributed by atoms with Crippen LogP contribution in [0.1, 0.15) is 17.3 Å². The molecule has 0 spiro atoms. The Morgan fingerprint density at radius 3 is 2.54 bits per heavy atom. The average molecular weight is 345 g/mol. The Hall–Kier alpha value is -2.93. The number of hydrogen-bond donors (Lipinski definition) is 2. The van der Waals surface area contributed by atoms with Gasteiger partial charge in [-0.05, 0) is 12.5 Å². The second kappa shape index (κ2) is 8.07. The van der Waals surface area contributed by atoms with Crippen LogP contribution in [0.2, 0.25) is 0 Å². The highest BCUT2D eigenvalue weighted by atomic mass is 32.1. The van der Waals surface area contributed by atoms with Crippen molar-refractivity contribution in [2.45, 2.75) is 6.92 Å². The van der Waals surface area contributed by atoms with Crippen LogP contribution in [0.15, 0.2) is 47.9 Å². The van der Waals surface area contributed by atoms with Gasteiger partial charge in [-0.15, -0.1) is 11.3 Å². The normalized spacial score (nSPS) is 10.5. The smallest absolute Gasteiger partial charge is 0.341 e. The van der Waals surface area contributed by atoms with Crippen LogP contribution < -0.4 is 5.32 Å². The number of nitrogens with one attached hydrogen (secondary N) is 1. The van der Waals surface area contributed by atoms with E-state index in [4.69, 9.17) is 9.84 Å². The molecular formula is C17H15NO5S. The third-order valence-electron chi connectivity index (χ3n) is 2.97. The molecule has 2 aromatic rings. The van der Waals surface area contributed by atoms with E-state index in [1.807, 2.05) is 30.3 Å². The van der Waals surface area contributed by atoms with Gasteiger partial charge in [0.2, 0.25) is 5.91 Å². The Labute approximate surface area is 142 Å². The Kier molecular flexibility index (Phi) is 5.86. The highest BCUT2D eigenvalue weighted by Gasteiger charge is 2.22. The monoisotopic (exact) mass is 345 g/mol. The Balaban J connectivity index is 2.38. The van der Waals surface area contributed by atoms with Crippen molar-refractivity contribution in [1.29, 1.82) is 0 Å². The summed E-state index contributed by atoms with van der Waals surface area (Å²) in [7, 11) is 0. The number of ether oxygens (including phenoxy) is 1. The van der Waals surface area contributed by atoms with Crippen LogP contribution in [0.25, 0.3) is 11.1 Å². The largest absolute Gasteiger partial charge is 0.478 e. The second-order valence-corrected chi connectivity index (χ2v) is 5.48. The van der Waals surface area contributed by atoms with Gasteiger partial charge in [0.25, 0.3) is 0 Å². The molecule has 0 radical (unpaired) electrons. The first-order valence-corrected chi connectivity index (χ1v) is 7.97. The van der Waals surface area contributed by atoms with Crippen LogP contribution in [0.4, 0.5) is 5.00 Å². The van der Waals surface area contributed by atoms with Crippen LogP contribution >= 0.6 is 11.3 Å². The maximum atomic E-state index is 12.3. The fourth-order valence-corrected chi connectivity index (χ4v) is 2.95. The summed E-state index contributed by atoms with van der Waals surface area (Å²) < 4.78 is 5.07. The molecule has 0 unspecified atom stereocenters. The van der Waals surface area contributed by atoms with E-state index in [-0.39, 0.29) is 12.2 Å². The molecule has 7 heteroatoms. The minimum absolute atomic E-state index is 0.204. The molecule has 1 amide bonds. The lowest BCUT2D eigenvalue weighted by Crippen LogP contribution is -2.13. The molecule has 1 aromatic carbocycles. The number of anilines is 1. The van der Waals surface area contributed by atoms with Crippen molar-refractivity contribution >= 4 is 34.2 Å². The fraction of sp³-hybridized carbons (Fsp3) is 0.118. The number of esters is 1. The molecular weight excluding hydrogens is 330 g/mol. The van der Waals surface area contributed by atoms with E-state index >= 15 is 0 Å². The van der Waals surface area contributed by atoms with Crippen molar-refractivity contribution in [2.24, 2.45) is 0 Å². The Bertz CT molecular complexity index is 780. The standard InChI is InChI=1S/C17H15NO5S/c1-2-23-17(22)15-12(11-6-4-3-5-7-11)10-24-16(15)18-13(19)8-9-14(20)21/h3-10H,2H2,1H3,(H,18,19)(H,20,21)/b9-8+. The number of hydrogen-bond acceptors (Lipinski definition) is 5. The van der Waals surface area contributed by atoms with Gasteiger partial charge in [-0.2, -0.15) is 0 Å². The molecule has 2 N–H and O–H groups in total. The van der Waals surface area contributed by atoms with Crippen molar-refractivity contribution in [1.82, 2.24) is 0 Å². The second-order valence-electron chi connectivity index (χ2n) is 4.60. The van der Waals surface area contributed by atoms with Crippen LogP contribution in [-0.2, 0) is 14.3 Å². The zero-order valence-electron chi connectivity index (χ0n) is 12.8. The van der Waals surface area contributed by atoms with E-state index in [2.05, 4.69) is 5.32 Å². The highest BCUT2D eigenvalue weighted by molar-refractivity contribution is 7.15. The Morgan fingerprint density at radius 1 is 1.21 bits per heavy atom. The number of carbonyl (C=O) groups is 3. The number of amides is 1. The average Bonchev–Trinajstić information content (AvgIpc) is 2.97. The van der Waals surface area contributed by atoms with Crippen LogP contribution in [0.5, 0.6) is 0 Å². The molecule has 1 aromatic heterocycles. The van der Waals surface area contributed by atoms with E-state index in [1.54, 1.807) is 12.3 Å². The summed E-state index contributed by atoms with van der Waals surface area (Å²) >= 11 is 1.17. The van der Waals surface area contributed by atoms with Crippen LogP contribution in [0, 0.1) is 0 Å². The number of carboxylic acids is 1. The topological polar surface area (TPSA) is 92.7 Å². The number of aliphatic carboxylic acids is 1. The molecule has 6 nitrogen and oxygen atoms in total. The summed E-state index contributed by atoms with van der Waals surface area (Å²) in [5, 5.41) is 13.1. The van der Waals surface area contributed by atoms with Crippen molar-refractivity contribution < 1.29 is 24.2 Å². The number of thiophene rings is 1. The van der Waals surface area contributed by atoms with Crippen molar-refractivity contribution in [3.05, 3.63) is 53.4 Å². The van der Waals surface area contributed by atoms with Gasteiger partial charge in [-0.1, -0.05) is 30.3 Å². The summed E-state index contributed by atoms with van der Waals surface area (Å²) in [5.74, 6) is -2.41. The molecule has 0 aliphatic carbocycles. The van der Waals surface area contributed by atoms with E-state index < -0.39 is 17.8 Å². The molecule has 2 rings (SSSR count). The Morgan fingerprint density at radius 2 is 1.92 bits per heavy atom. The van der Waals surface area contributed by atoms with Crippen molar-refractivity contribution in [3.8, 4) is 11.1 Å². The molecule has 0 bridgehead atoms. The van der Waals surface area contributed by atoms with Gasteiger partial charge in [0, 0.05) is 23.1 Å². The van der Waals surface area contributed by atoms with Crippen LogP contribution in [-0.4, -0.2) is 29.6 Å². The molecule has 0 fully saturated rings. The number of carboxylic acid groups (broad SMARTS) is 1. The fourth-order valence-electron chi connectivity index (χ4n) is 1.99. The molecule has 24 heavy (non-hydrogen) atoms. The SMILES string of the molecule is CCOC(=O)c1c(-c2ccccc2)csc1NC(=O)/C=C/C(=O)O. The molecule has 0 aliphatic heterocycles. The first kappa shape index (κ1) is 17.4. The molecule has 0 aliphatic rings. The summed E-state index contributed by atoms with van der Waals surface area (Å²) in [6.07, 6.45) is 1.62. The highest BCUT2D eigenvalue weighted by Crippen LogP contribution is 2.36. The predicted molar refractivity (Wildman–Crippen MR) is 91.1 cm³/mol. The minimum Gasteiger partial charge on any atom is -0.478 e. The third-order valence-corrected chi connectivity index (χ3v) is 3.86. The van der Waals surface area contributed by atoms with Gasteiger partial charge in [-0.25, -0.2) is 9.59 Å². The maximum absolute atomic E-state index is 12.3. The lowest BCUT2D eigenvalue weighted by atomic mass is 10.0. The summed E-state index contributed by atoms with van der Waals surface area (Å²) in [4.78, 5) is 34.5. The number of rotatable bonds is 6. The molecule has 0 atom stereocenters. The van der Waals surface area contributed by atoms with Crippen molar-refractivity contribution in [3.63, 3.8) is 0 Å². The van der Waals surface area contributed by atoms with Gasteiger partial charge in [-0.3, -0.25) is 4.79 Å². The molecule has 0 saturated heterocycles. The van der Waals surface area contributed by atoms with Gasteiger partial charge < -0.3 is 15.2 Å². The van der Waals surface area contributed by atoms with E-state index in [1.165, 1.54) is 11.3 Å². The van der Waals surface area contributed by atoms with Gasteiger partial charge in [0.15, 0.2) is 0 Å². The first-order chi connectivity index (χ1) is 11.5. The summed E-state index contributed by atoms with van der Waals surface area (Å²) in [5.41, 5.74) is 1.72. The van der Waals surface area contributed by atoms with Crippen LogP contribution in [0.3, 0.4) is 0 Å². The minimum atomic E-state index is -1.23. The third kappa shape index (κ3) is 4.30. The quantitative estimate of drug-likeness (QED) is 0.620. The number of carbonyl (C=O) groups excluding carboxylic acids is 2. The van der Waals surface area contributed by atoms with E-state index in [9.17, 15) is 14.4 Å². The van der Waals surface area contributed by atoms with E-state index in [0.717, 1.165) is 17.7 Å². The lowest BCUT2D eigenvalue weighted by molar-refractivity contribution is -0.131. The maximum Gasteiger partial charge on any atom is 0.341 e.